The molecule has 0 aliphatic carbocycles. The maximum absolute atomic E-state index is 12.1. The molecule has 0 heterocycles. The van der Waals surface area contributed by atoms with Crippen molar-refractivity contribution < 1.29 is 19.2 Å². The number of amides is 1. The van der Waals surface area contributed by atoms with E-state index in [9.17, 15) is 19.7 Å². The van der Waals surface area contributed by atoms with Gasteiger partial charge in [-0.3, -0.25) is 14.9 Å². The Morgan fingerprint density at radius 2 is 1.89 bits per heavy atom. The first-order valence-electron chi connectivity index (χ1n) is 8.28. The van der Waals surface area contributed by atoms with Crippen LogP contribution in [0.4, 0.5) is 5.69 Å². The van der Waals surface area contributed by atoms with Crippen molar-refractivity contribution in [2.75, 3.05) is 6.61 Å². The van der Waals surface area contributed by atoms with Crippen LogP contribution in [0, 0.1) is 17.0 Å². The Balaban J connectivity index is 1.95. The average molecular weight is 391 g/mol. The van der Waals surface area contributed by atoms with Gasteiger partial charge in [0.25, 0.3) is 11.6 Å². The molecule has 2 aromatic rings. The molecule has 0 radical (unpaired) electrons. The lowest BCUT2D eigenvalue weighted by molar-refractivity contribution is -0.384. The molecule has 0 aliphatic rings. The number of ether oxygens (including phenoxy) is 1. The summed E-state index contributed by atoms with van der Waals surface area (Å²) >= 11 is 5.88. The number of carbonyl (C=O) groups is 2. The molecule has 2 rings (SSSR count). The second-order valence-corrected chi connectivity index (χ2v) is 6.34. The standard InChI is InChI=1S/C19H19ClN2O5/c1-3-17(13-6-4-12(2)5-7-13)21-18(23)11-27-19(24)15-9-8-14(22(25)26)10-16(15)20/h4-10,17H,3,11H2,1-2H3,(H,21,23)/t17-/m0/s1. The molecule has 7 nitrogen and oxygen atoms in total. The summed E-state index contributed by atoms with van der Waals surface area (Å²) in [4.78, 5) is 34.2. The van der Waals surface area contributed by atoms with Crippen molar-refractivity contribution in [1.82, 2.24) is 5.32 Å². The molecule has 1 N–H and O–H groups in total. The number of nitrogens with zero attached hydrogens (tertiary/aromatic N) is 1. The molecule has 0 spiro atoms. The van der Waals surface area contributed by atoms with Crippen LogP contribution in [0.1, 0.15) is 40.9 Å². The Bertz CT molecular complexity index is 852. The summed E-state index contributed by atoms with van der Waals surface area (Å²) in [6, 6.07) is 11.0. The highest BCUT2D eigenvalue weighted by Gasteiger charge is 2.18. The first kappa shape index (κ1) is 20.4. The van der Waals surface area contributed by atoms with Crippen molar-refractivity contribution in [2.24, 2.45) is 0 Å². The second kappa shape index (κ2) is 9.14. The maximum Gasteiger partial charge on any atom is 0.340 e. The van der Waals surface area contributed by atoms with Crippen LogP contribution in [0.3, 0.4) is 0 Å². The van der Waals surface area contributed by atoms with Crippen LogP contribution in [0.2, 0.25) is 5.02 Å². The Kier molecular flexibility index (Phi) is 6.90. The van der Waals surface area contributed by atoms with Gasteiger partial charge < -0.3 is 10.1 Å². The molecule has 142 valence electrons. The van der Waals surface area contributed by atoms with Gasteiger partial charge in [0.05, 0.1) is 21.6 Å². The van der Waals surface area contributed by atoms with E-state index in [0.29, 0.717) is 6.42 Å². The molecule has 0 saturated carbocycles. The fourth-order valence-electron chi connectivity index (χ4n) is 2.45. The van der Waals surface area contributed by atoms with Crippen LogP contribution < -0.4 is 5.32 Å². The molecule has 8 heteroatoms. The number of hydrogen-bond acceptors (Lipinski definition) is 5. The SMILES string of the molecule is CC[C@H](NC(=O)COC(=O)c1ccc([N+](=O)[O-])cc1Cl)c1ccc(C)cc1. The maximum atomic E-state index is 12.1. The molecular formula is C19H19ClN2O5. The quantitative estimate of drug-likeness (QED) is 0.438. The van der Waals surface area contributed by atoms with Crippen molar-refractivity contribution in [3.8, 4) is 0 Å². The summed E-state index contributed by atoms with van der Waals surface area (Å²) in [6.07, 6.45) is 0.678. The molecule has 0 unspecified atom stereocenters. The van der Waals surface area contributed by atoms with Gasteiger partial charge in [-0.2, -0.15) is 0 Å². The number of halogens is 1. The fourth-order valence-corrected chi connectivity index (χ4v) is 2.70. The molecule has 1 amide bonds. The van der Waals surface area contributed by atoms with Crippen LogP contribution in [0.15, 0.2) is 42.5 Å². The summed E-state index contributed by atoms with van der Waals surface area (Å²) in [5, 5.41) is 13.4. The van der Waals surface area contributed by atoms with Gasteiger partial charge in [-0.15, -0.1) is 0 Å². The fraction of sp³-hybridized carbons (Fsp3) is 0.263. The molecule has 0 saturated heterocycles. The minimum absolute atomic E-state index is 0.0411. The summed E-state index contributed by atoms with van der Waals surface area (Å²) in [5.74, 6) is -1.28. The number of esters is 1. The number of rotatable bonds is 7. The number of nitrogens with one attached hydrogen (secondary N) is 1. The van der Waals surface area contributed by atoms with E-state index in [4.69, 9.17) is 16.3 Å². The van der Waals surface area contributed by atoms with Gasteiger partial charge in [0.1, 0.15) is 0 Å². The third kappa shape index (κ3) is 5.52. The lowest BCUT2D eigenvalue weighted by atomic mass is 10.0. The summed E-state index contributed by atoms with van der Waals surface area (Å²) < 4.78 is 4.97. The van der Waals surface area contributed by atoms with Crippen LogP contribution in [0.5, 0.6) is 0 Å². The average Bonchev–Trinajstić information content (AvgIpc) is 2.64. The highest BCUT2D eigenvalue weighted by molar-refractivity contribution is 6.33. The monoisotopic (exact) mass is 390 g/mol. The lowest BCUT2D eigenvalue weighted by Crippen LogP contribution is -2.32. The first-order valence-corrected chi connectivity index (χ1v) is 8.66. The number of non-ortho nitro benzene ring substituents is 1. The van der Waals surface area contributed by atoms with Crippen molar-refractivity contribution >= 4 is 29.2 Å². The van der Waals surface area contributed by atoms with E-state index in [-0.39, 0.29) is 22.3 Å². The molecule has 0 fully saturated rings. The summed E-state index contributed by atoms with van der Waals surface area (Å²) in [7, 11) is 0. The van der Waals surface area contributed by atoms with E-state index < -0.39 is 23.4 Å². The van der Waals surface area contributed by atoms with Crippen LogP contribution >= 0.6 is 11.6 Å². The van der Waals surface area contributed by atoms with Gasteiger partial charge in [0.15, 0.2) is 6.61 Å². The zero-order chi connectivity index (χ0) is 20.0. The molecule has 1 atom stereocenters. The Labute approximate surface area is 161 Å². The molecular weight excluding hydrogens is 372 g/mol. The van der Waals surface area contributed by atoms with E-state index in [1.54, 1.807) is 0 Å². The van der Waals surface area contributed by atoms with Crippen LogP contribution in [-0.2, 0) is 9.53 Å². The van der Waals surface area contributed by atoms with E-state index in [2.05, 4.69) is 5.32 Å². The minimum Gasteiger partial charge on any atom is -0.452 e. The lowest BCUT2D eigenvalue weighted by Gasteiger charge is -2.17. The van der Waals surface area contributed by atoms with Crippen LogP contribution in [0.25, 0.3) is 0 Å². The van der Waals surface area contributed by atoms with Crippen molar-refractivity contribution in [2.45, 2.75) is 26.3 Å². The predicted molar refractivity (Wildman–Crippen MR) is 101 cm³/mol. The third-order valence-corrected chi connectivity index (χ3v) is 4.25. The van der Waals surface area contributed by atoms with Crippen molar-refractivity contribution in [3.63, 3.8) is 0 Å². The normalized spacial score (nSPS) is 11.5. The summed E-state index contributed by atoms with van der Waals surface area (Å²) in [6.45, 7) is 3.44. The Morgan fingerprint density at radius 1 is 1.22 bits per heavy atom. The van der Waals surface area contributed by atoms with E-state index in [1.165, 1.54) is 6.07 Å². The van der Waals surface area contributed by atoms with E-state index >= 15 is 0 Å². The first-order chi connectivity index (χ1) is 12.8. The largest absolute Gasteiger partial charge is 0.452 e. The van der Waals surface area contributed by atoms with Gasteiger partial charge in [0, 0.05) is 12.1 Å². The Hall–Kier alpha value is -2.93. The molecule has 0 bridgehead atoms. The molecule has 2 aromatic carbocycles. The summed E-state index contributed by atoms with van der Waals surface area (Å²) in [5.41, 5.74) is 1.80. The van der Waals surface area contributed by atoms with Gasteiger partial charge in [0.2, 0.25) is 0 Å². The number of hydrogen-bond donors (Lipinski definition) is 1. The second-order valence-electron chi connectivity index (χ2n) is 5.94. The highest BCUT2D eigenvalue weighted by Crippen LogP contribution is 2.23. The molecule has 0 aromatic heterocycles. The van der Waals surface area contributed by atoms with Crippen molar-refractivity contribution in [1.29, 1.82) is 0 Å². The highest BCUT2D eigenvalue weighted by atomic mass is 35.5. The number of nitro groups is 1. The van der Waals surface area contributed by atoms with Crippen LogP contribution in [-0.4, -0.2) is 23.4 Å². The smallest absolute Gasteiger partial charge is 0.340 e. The third-order valence-electron chi connectivity index (χ3n) is 3.94. The number of nitro benzene ring substituents is 1. The van der Waals surface area contributed by atoms with Gasteiger partial charge in [-0.1, -0.05) is 48.4 Å². The van der Waals surface area contributed by atoms with E-state index in [1.807, 2.05) is 38.1 Å². The molecule has 27 heavy (non-hydrogen) atoms. The minimum atomic E-state index is -0.826. The predicted octanol–water partition coefficient (Wildman–Crippen LogP) is 3.98. The Morgan fingerprint density at radius 3 is 2.44 bits per heavy atom. The van der Waals surface area contributed by atoms with E-state index in [0.717, 1.165) is 23.3 Å². The number of aryl methyl sites for hydroxylation is 1. The zero-order valence-electron chi connectivity index (χ0n) is 14.9. The topological polar surface area (TPSA) is 98.5 Å². The van der Waals surface area contributed by atoms with Gasteiger partial charge >= 0.3 is 5.97 Å². The zero-order valence-corrected chi connectivity index (χ0v) is 15.7. The number of benzene rings is 2. The van der Waals surface area contributed by atoms with Gasteiger partial charge in [-0.05, 0) is 25.0 Å². The number of carbonyl (C=O) groups excluding carboxylic acids is 2. The van der Waals surface area contributed by atoms with Gasteiger partial charge in [-0.25, -0.2) is 4.79 Å². The van der Waals surface area contributed by atoms with Crippen molar-refractivity contribution in [3.05, 3.63) is 74.3 Å². The molecule has 0 aliphatic heterocycles.